The minimum Gasteiger partial charge on any atom is -0.305 e. The molecule has 0 aliphatic rings. The standard InChI is InChI=1S/C21H13N5O2/c27-20-12-6-1-3-8-14(12)23-18(25-20)16-10-5-11-17(22-16)19-24-15-9-4-2-7-13(15)21(28)26-19/h1-11H,(H,23,25,27)(H,24,26,28). The molecule has 0 saturated carbocycles. The summed E-state index contributed by atoms with van der Waals surface area (Å²) in [5.41, 5.74) is 1.68. The number of benzene rings is 2. The van der Waals surface area contributed by atoms with Crippen molar-refractivity contribution in [1.29, 1.82) is 0 Å². The van der Waals surface area contributed by atoms with Gasteiger partial charge in [-0.05, 0) is 36.4 Å². The van der Waals surface area contributed by atoms with Gasteiger partial charge in [0.25, 0.3) is 11.1 Å². The van der Waals surface area contributed by atoms with Gasteiger partial charge in [-0.1, -0.05) is 30.3 Å². The molecular weight excluding hydrogens is 354 g/mol. The predicted octanol–water partition coefficient (Wildman–Crippen LogP) is 2.89. The second kappa shape index (κ2) is 6.24. The van der Waals surface area contributed by atoms with E-state index < -0.39 is 0 Å². The van der Waals surface area contributed by atoms with E-state index >= 15 is 0 Å². The highest BCUT2D eigenvalue weighted by Crippen LogP contribution is 2.19. The van der Waals surface area contributed by atoms with E-state index in [1.54, 1.807) is 54.6 Å². The zero-order valence-corrected chi connectivity index (χ0v) is 14.5. The van der Waals surface area contributed by atoms with Gasteiger partial charge in [-0.3, -0.25) is 9.59 Å². The summed E-state index contributed by atoms with van der Waals surface area (Å²) in [5, 5.41) is 1.03. The van der Waals surface area contributed by atoms with Crippen molar-refractivity contribution < 1.29 is 0 Å². The number of hydrogen-bond donors (Lipinski definition) is 2. The summed E-state index contributed by atoms with van der Waals surface area (Å²) in [5.74, 6) is 0.711. The van der Waals surface area contributed by atoms with Gasteiger partial charge in [-0.25, -0.2) is 15.0 Å². The van der Waals surface area contributed by atoms with Crippen molar-refractivity contribution in [2.24, 2.45) is 0 Å². The third-order valence-corrected chi connectivity index (χ3v) is 4.46. The fraction of sp³-hybridized carbons (Fsp3) is 0. The van der Waals surface area contributed by atoms with Crippen LogP contribution in [0.1, 0.15) is 0 Å². The molecule has 28 heavy (non-hydrogen) atoms. The third-order valence-electron chi connectivity index (χ3n) is 4.46. The molecule has 0 atom stereocenters. The Morgan fingerprint density at radius 2 is 1.00 bits per heavy atom. The Kier molecular flexibility index (Phi) is 3.58. The predicted molar refractivity (Wildman–Crippen MR) is 107 cm³/mol. The number of pyridine rings is 1. The van der Waals surface area contributed by atoms with Gasteiger partial charge in [0.1, 0.15) is 11.4 Å². The number of hydrogen-bond acceptors (Lipinski definition) is 5. The molecule has 7 nitrogen and oxygen atoms in total. The van der Waals surface area contributed by atoms with Gasteiger partial charge in [0.05, 0.1) is 21.8 Å². The first kappa shape index (κ1) is 16.1. The topological polar surface area (TPSA) is 104 Å². The molecule has 0 amide bonds. The van der Waals surface area contributed by atoms with Crippen LogP contribution in [0.5, 0.6) is 0 Å². The van der Waals surface area contributed by atoms with Gasteiger partial charge in [-0.2, -0.15) is 0 Å². The van der Waals surface area contributed by atoms with E-state index in [0.29, 0.717) is 44.8 Å². The maximum Gasteiger partial charge on any atom is 0.259 e. The Morgan fingerprint density at radius 3 is 1.50 bits per heavy atom. The summed E-state index contributed by atoms with van der Waals surface area (Å²) in [7, 11) is 0. The number of aromatic amines is 2. The zero-order valence-electron chi connectivity index (χ0n) is 14.5. The van der Waals surface area contributed by atoms with E-state index in [2.05, 4.69) is 24.9 Å². The number of rotatable bonds is 2. The molecule has 7 heteroatoms. The molecule has 3 aromatic heterocycles. The van der Waals surface area contributed by atoms with Crippen molar-refractivity contribution in [3.8, 4) is 23.0 Å². The first-order valence-electron chi connectivity index (χ1n) is 8.65. The van der Waals surface area contributed by atoms with E-state index in [-0.39, 0.29) is 11.1 Å². The summed E-state index contributed by atoms with van der Waals surface area (Å²) in [6.45, 7) is 0. The van der Waals surface area contributed by atoms with Crippen molar-refractivity contribution >= 4 is 21.8 Å². The first-order chi connectivity index (χ1) is 13.7. The van der Waals surface area contributed by atoms with Crippen LogP contribution in [0.15, 0.2) is 76.3 Å². The monoisotopic (exact) mass is 367 g/mol. The van der Waals surface area contributed by atoms with Crippen LogP contribution in [0.3, 0.4) is 0 Å². The number of nitrogens with zero attached hydrogens (tertiary/aromatic N) is 3. The maximum absolute atomic E-state index is 12.3. The lowest BCUT2D eigenvalue weighted by molar-refractivity contribution is 1.11. The molecule has 0 fully saturated rings. The van der Waals surface area contributed by atoms with Crippen molar-refractivity contribution in [3.05, 3.63) is 87.4 Å². The van der Waals surface area contributed by atoms with Crippen molar-refractivity contribution in [1.82, 2.24) is 24.9 Å². The Balaban J connectivity index is 1.67. The van der Waals surface area contributed by atoms with Gasteiger partial charge in [-0.15, -0.1) is 0 Å². The second-order valence-corrected chi connectivity index (χ2v) is 6.27. The molecule has 0 unspecified atom stereocenters. The van der Waals surface area contributed by atoms with Gasteiger partial charge < -0.3 is 9.97 Å². The molecule has 2 aromatic carbocycles. The lowest BCUT2D eigenvalue weighted by Crippen LogP contribution is -2.11. The van der Waals surface area contributed by atoms with Crippen LogP contribution >= 0.6 is 0 Å². The SMILES string of the molecule is O=c1[nH]c(-c2cccc(-c3nc4ccccc4c(=O)[nH]3)n2)nc2ccccc12. The molecule has 0 radical (unpaired) electrons. The minimum absolute atomic E-state index is 0.231. The molecule has 2 N–H and O–H groups in total. The molecule has 0 aliphatic carbocycles. The quantitative estimate of drug-likeness (QED) is 0.499. The smallest absolute Gasteiger partial charge is 0.259 e. The number of aromatic nitrogens is 5. The molecule has 3 heterocycles. The van der Waals surface area contributed by atoms with E-state index in [4.69, 9.17) is 0 Å². The van der Waals surface area contributed by atoms with Gasteiger partial charge >= 0.3 is 0 Å². The molecule has 5 aromatic rings. The Morgan fingerprint density at radius 1 is 0.536 bits per heavy atom. The lowest BCUT2D eigenvalue weighted by atomic mass is 10.2. The Bertz CT molecular complexity index is 1360. The Hall–Kier alpha value is -4.13. The largest absolute Gasteiger partial charge is 0.305 e. The van der Waals surface area contributed by atoms with Crippen LogP contribution in [0.4, 0.5) is 0 Å². The van der Waals surface area contributed by atoms with Crippen LogP contribution in [-0.2, 0) is 0 Å². The molecule has 134 valence electrons. The average molecular weight is 367 g/mol. The maximum atomic E-state index is 12.3. The number of nitrogens with one attached hydrogen (secondary N) is 2. The van der Waals surface area contributed by atoms with Gasteiger partial charge in [0.15, 0.2) is 11.6 Å². The molecular formula is C21H13N5O2. The van der Waals surface area contributed by atoms with Crippen LogP contribution in [-0.4, -0.2) is 24.9 Å². The van der Waals surface area contributed by atoms with Crippen LogP contribution in [0, 0.1) is 0 Å². The van der Waals surface area contributed by atoms with Crippen molar-refractivity contribution in [2.75, 3.05) is 0 Å². The van der Waals surface area contributed by atoms with Crippen LogP contribution in [0.25, 0.3) is 44.8 Å². The highest BCUT2D eigenvalue weighted by molar-refractivity contribution is 5.80. The number of fused-ring (bicyclic) bond motifs is 2. The zero-order chi connectivity index (χ0) is 19.1. The number of para-hydroxylation sites is 2. The van der Waals surface area contributed by atoms with E-state index in [0.717, 1.165) is 0 Å². The van der Waals surface area contributed by atoms with Gasteiger partial charge in [0, 0.05) is 0 Å². The average Bonchev–Trinajstić information content (AvgIpc) is 2.74. The van der Waals surface area contributed by atoms with Crippen molar-refractivity contribution in [3.63, 3.8) is 0 Å². The molecule has 0 aliphatic heterocycles. The molecule has 0 spiro atoms. The molecule has 0 bridgehead atoms. The first-order valence-corrected chi connectivity index (χ1v) is 8.65. The van der Waals surface area contributed by atoms with E-state index in [1.165, 1.54) is 0 Å². The normalized spacial score (nSPS) is 11.1. The summed E-state index contributed by atoms with van der Waals surface area (Å²) in [4.78, 5) is 43.7. The van der Waals surface area contributed by atoms with E-state index in [9.17, 15) is 9.59 Å². The summed E-state index contributed by atoms with van der Waals surface area (Å²) in [6, 6.07) is 19.5. The third kappa shape index (κ3) is 2.66. The van der Waals surface area contributed by atoms with Crippen molar-refractivity contribution in [2.45, 2.75) is 0 Å². The Labute approximate surface area is 157 Å². The fourth-order valence-electron chi connectivity index (χ4n) is 3.11. The molecule has 5 rings (SSSR count). The second-order valence-electron chi connectivity index (χ2n) is 6.27. The minimum atomic E-state index is -0.231. The summed E-state index contributed by atoms with van der Waals surface area (Å²) >= 11 is 0. The van der Waals surface area contributed by atoms with E-state index in [1.807, 2.05) is 12.1 Å². The lowest BCUT2D eigenvalue weighted by Gasteiger charge is -2.06. The van der Waals surface area contributed by atoms with Gasteiger partial charge in [0.2, 0.25) is 0 Å². The highest BCUT2D eigenvalue weighted by Gasteiger charge is 2.11. The number of H-pyrrole nitrogens is 2. The summed E-state index contributed by atoms with van der Waals surface area (Å²) in [6.07, 6.45) is 0. The fourth-order valence-corrected chi connectivity index (χ4v) is 3.11. The van der Waals surface area contributed by atoms with Crippen LogP contribution < -0.4 is 11.1 Å². The highest BCUT2D eigenvalue weighted by atomic mass is 16.1. The molecule has 0 saturated heterocycles. The van der Waals surface area contributed by atoms with Crippen LogP contribution in [0.2, 0.25) is 0 Å². The summed E-state index contributed by atoms with van der Waals surface area (Å²) < 4.78 is 0.